The van der Waals surface area contributed by atoms with E-state index >= 15 is 0 Å². The van der Waals surface area contributed by atoms with E-state index in [0.29, 0.717) is 5.69 Å². The smallest absolute Gasteiger partial charge is 0.320 e. The van der Waals surface area contributed by atoms with Crippen LogP contribution in [0.4, 0.5) is 18.9 Å². The van der Waals surface area contributed by atoms with Crippen molar-refractivity contribution in [1.29, 1.82) is 0 Å². The normalized spacial score (nSPS) is 11.3. The molecule has 1 heterocycles. The molecule has 0 fully saturated rings. The Kier molecular flexibility index (Phi) is 5.04. The van der Waals surface area contributed by atoms with Crippen molar-refractivity contribution in [3.8, 4) is 0 Å². The molecule has 0 radical (unpaired) electrons. The summed E-state index contributed by atoms with van der Waals surface area (Å²) in [6, 6.07) is 10.3. The lowest BCUT2D eigenvalue weighted by Gasteiger charge is -2.11. The molecule has 2 aromatic carbocycles. The van der Waals surface area contributed by atoms with Gasteiger partial charge in [0.25, 0.3) is 5.91 Å². The number of para-hydroxylation sites is 1. The molecule has 1 N–H and O–H groups in total. The summed E-state index contributed by atoms with van der Waals surface area (Å²) in [5.74, 6) is -1.12. The SMILES string of the molecule is Cc1nnsc1C(=O)Nc1ccccc1C(=O)c1cccc(C(F)(F)F)c1. The zero-order valence-electron chi connectivity index (χ0n) is 13.9. The summed E-state index contributed by atoms with van der Waals surface area (Å²) in [4.78, 5) is 25.4. The summed E-state index contributed by atoms with van der Waals surface area (Å²) < 4.78 is 42.4. The number of aryl methyl sites for hydroxylation is 1. The number of hydrogen-bond donors (Lipinski definition) is 1. The minimum atomic E-state index is -4.55. The Morgan fingerprint density at radius 1 is 1.07 bits per heavy atom. The molecule has 0 aliphatic rings. The first-order valence-electron chi connectivity index (χ1n) is 7.68. The van der Waals surface area contributed by atoms with Gasteiger partial charge in [0.05, 0.1) is 16.9 Å². The topological polar surface area (TPSA) is 72.0 Å². The lowest BCUT2D eigenvalue weighted by molar-refractivity contribution is -0.137. The Bertz CT molecular complexity index is 1010. The molecule has 3 aromatic rings. The van der Waals surface area contributed by atoms with Gasteiger partial charge in [0, 0.05) is 11.1 Å². The molecule has 0 saturated heterocycles. The Labute approximate surface area is 156 Å². The Morgan fingerprint density at radius 3 is 2.48 bits per heavy atom. The zero-order chi connectivity index (χ0) is 19.6. The molecule has 0 atom stereocenters. The number of amides is 1. The molecule has 138 valence electrons. The highest BCUT2D eigenvalue weighted by Gasteiger charge is 2.31. The van der Waals surface area contributed by atoms with Crippen molar-refractivity contribution < 1.29 is 22.8 Å². The van der Waals surface area contributed by atoms with Crippen LogP contribution in [0.25, 0.3) is 0 Å². The standard InChI is InChI=1S/C18H12F3N3O2S/c1-10-16(27-24-23-10)17(26)22-14-8-3-2-7-13(14)15(25)11-5-4-6-12(9-11)18(19,20)21/h2-9H,1H3,(H,22,26). The third-order valence-electron chi connectivity index (χ3n) is 3.73. The first kappa shape index (κ1) is 18.7. The lowest BCUT2D eigenvalue weighted by Crippen LogP contribution is -2.15. The summed E-state index contributed by atoms with van der Waals surface area (Å²) in [6.07, 6.45) is -4.55. The number of ketones is 1. The summed E-state index contributed by atoms with van der Waals surface area (Å²) in [5, 5.41) is 6.35. The van der Waals surface area contributed by atoms with Crippen LogP contribution in [0.2, 0.25) is 0 Å². The van der Waals surface area contributed by atoms with Gasteiger partial charge in [-0.3, -0.25) is 9.59 Å². The van der Waals surface area contributed by atoms with E-state index in [9.17, 15) is 22.8 Å². The van der Waals surface area contributed by atoms with E-state index in [2.05, 4.69) is 14.9 Å². The van der Waals surface area contributed by atoms with Gasteiger partial charge in [-0.15, -0.1) is 5.10 Å². The number of benzene rings is 2. The molecule has 0 bridgehead atoms. The number of halogens is 3. The predicted molar refractivity (Wildman–Crippen MR) is 93.9 cm³/mol. The van der Waals surface area contributed by atoms with Crippen LogP contribution in [0.3, 0.4) is 0 Å². The molecular formula is C18H12F3N3O2S. The molecule has 0 saturated carbocycles. The highest BCUT2D eigenvalue weighted by atomic mass is 32.1. The van der Waals surface area contributed by atoms with Crippen molar-refractivity contribution in [2.24, 2.45) is 0 Å². The molecule has 1 aromatic heterocycles. The summed E-state index contributed by atoms with van der Waals surface area (Å²) >= 11 is 0.909. The fraction of sp³-hybridized carbons (Fsp3) is 0.111. The summed E-state index contributed by atoms with van der Waals surface area (Å²) in [7, 11) is 0. The van der Waals surface area contributed by atoms with Crippen LogP contribution in [-0.4, -0.2) is 21.3 Å². The Balaban J connectivity index is 1.93. The molecule has 0 unspecified atom stereocenters. The molecule has 9 heteroatoms. The van der Waals surface area contributed by atoms with E-state index < -0.39 is 23.4 Å². The van der Waals surface area contributed by atoms with Crippen molar-refractivity contribution in [3.63, 3.8) is 0 Å². The first-order valence-corrected chi connectivity index (χ1v) is 8.46. The number of carbonyl (C=O) groups excluding carboxylic acids is 2. The molecule has 3 rings (SSSR count). The van der Waals surface area contributed by atoms with Gasteiger partial charge in [-0.05, 0) is 42.7 Å². The van der Waals surface area contributed by atoms with Gasteiger partial charge in [0.2, 0.25) is 0 Å². The number of alkyl halides is 3. The second-order valence-corrected chi connectivity index (χ2v) is 6.35. The number of nitrogens with one attached hydrogen (secondary N) is 1. The number of rotatable bonds is 4. The minimum Gasteiger partial charge on any atom is -0.320 e. The maximum absolute atomic E-state index is 12.9. The number of nitrogens with zero attached hydrogens (tertiary/aromatic N) is 2. The van der Waals surface area contributed by atoms with Gasteiger partial charge in [0.15, 0.2) is 5.78 Å². The number of carbonyl (C=O) groups is 2. The summed E-state index contributed by atoms with van der Waals surface area (Å²) in [5.41, 5.74) is -0.319. The van der Waals surface area contributed by atoms with Gasteiger partial charge in [0.1, 0.15) is 4.88 Å². The van der Waals surface area contributed by atoms with E-state index in [1.54, 1.807) is 19.1 Å². The van der Waals surface area contributed by atoms with Crippen molar-refractivity contribution in [2.45, 2.75) is 13.1 Å². The largest absolute Gasteiger partial charge is 0.416 e. The third kappa shape index (κ3) is 4.03. The highest BCUT2D eigenvalue weighted by molar-refractivity contribution is 7.08. The van der Waals surface area contributed by atoms with Gasteiger partial charge in [-0.2, -0.15) is 13.2 Å². The maximum atomic E-state index is 12.9. The fourth-order valence-corrected chi connectivity index (χ4v) is 2.95. The fourth-order valence-electron chi connectivity index (χ4n) is 2.40. The van der Waals surface area contributed by atoms with Gasteiger partial charge >= 0.3 is 6.18 Å². The van der Waals surface area contributed by atoms with Crippen LogP contribution < -0.4 is 5.32 Å². The third-order valence-corrected chi connectivity index (χ3v) is 4.56. The van der Waals surface area contributed by atoms with Gasteiger partial charge in [-0.25, -0.2) is 0 Å². The number of anilines is 1. The van der Waals surface area contributed by atoms with Gasteiger partial charge in [-0.1, -0.05) is 28.8 Å². The van der Waals surface area contributed by atoms with Crippen LogP contribution >= 0.6 is 11.5 Å². The van der Waals surface area contributed by atoms with Crippen molar-refractivity contribution >= 4 is 28.9 Å². The van der Waals surface area contributed by atoms with E-state index in [1.807, 2.05) is 0 Å². The van der Waals surface area contributed by atoms with Crippen LogP contribution in [-0.2, 0) is 6.18 Å². The predicted octanol–water partition coefficient (Wildman–Crippen LogP) is 4.35. The monoisotopic (exact) mass is 391 g/mol. The van der Waals surface area contributed by atoms with Crippen molar-refractivity contribution in [3.05, 3.63) is 75.8 Å². The average molecular weight is 391 g/mol. The molecule has 27 heavy (non-hydrogen) atoms. The van der Waals surface area contributed by atoms with Gasteiger partial charge < -0.3 is 5.32 Å². The molecular weight excluding hydrogens is 379 g/mol. The minimum absolute atomic E-state index is 0.0836. The second kappa shape index (κ2) is 7.28. The average Bonchev–Trinajstić information content (AvgIpc) is 3.07. The molecule has 0 spiro atoms. The number of hydrogen-bond acceptors (Lipinski definition) is 5. The van der Waals surface area contributed by atoms with E-state index in [0.717, 1.165) is 23.7 Å². The van der Waals surface area contributed by atoms with E-state index in [4.69, 9.17) is 0 Å². The van der Waals surface area contributed by atoms with Crippen LogP contribution in [0.5, 0.6) is 0 Å². The number of aromatic nitrogens is 2. The van der Waals surface area contributed by atoms with Crippen molar-refractivity contribution in [2.75, 3.05) is 5.32 Å². The quantitative estimate of drug-likeness (QED) is 0.672. The molecule has 0 aliphatic carbocycles. The summed E-state index contributed by atoms with van der Waals surface area (Å²) in [6.45, 7) is 1.62. The maximum Gasteiger partial charge on any atom is 0.416 e. The van der Waals surface area contributed by atoms with Crippen LogP contribution in [0.1, 0.15) is 36.9 Å². The molecule has 5 nitrogen and oxygen atoms in total. The van der Waals surface area contributed by atoms with Crippen LogP contribution in [0, 0.1) is 6.92 Å². The Morgan fingerprint density at radius 2 is 1.81 bits per heavy atom. The molecule has 1 amide bonds. The molecule has 0 aliphatic heterocycles. The lowest BCUT2D eigenvalue weighted by atomic mass is 9.99. The van der Waals surface area contributed by atoms with E-state index in [1.165, 1.54) is 24.3 Å². The second-order valence-electron chi connectivity index (χ2n) is 5.59. The Hall–Kier alpha value is -3.07. The highest BCUT2D eigenvalue weighted by Crippen LogP contribution is 2.30. The zero-order valence-corrected chi connectivity index (χ0v) is 14.7. The van der Waals surface area contributed by atoms with Crippen LogP contribution in [0.15, 0.2) is 48.5 Å². The van der Waals surface area contributed by atoms with E-state index in [-0.39, 0.29) is 21.7 Å². The van der Waals surface area contributed by atoms with Crippen molar-refractivity contribution in [1.82, 2.24) is 9.59 Å². The first-order chi connectivity index (χ1) is 12.8.